The summed E-state index contributed by atoms with van der Waals surface area (Å²) in [4.78, 5) is 43.1. The van der Waals surface area contributed by atoms with Crippen molar-refractivity contribution >= 4 is 23.5 Å². The molecule has 1 aromatic heterocycles. The summed E-state index contributed by atoms with van der Waals surface area (Å²) in [5, 5.41) is 29.1. The molecule has 0 atom stereocenters. The number of benzene rings is 1. The molecule has 0 unspecified atom stereocenters. The van der Waals surface area contributed by atoms with E-state index >= 15 is 0 Å². The van der Waals surface area contributed by atoms with Crippen molar-refractivity contribution in [2.24, 2.45) is 0 Å². The molecule has 1 amide bonds. The Morgan fingerprint density at radius 1 is 1.09 bits per heavy atom. The van der Waals surface area contributed by atoms with E-state index in [9.17, 15) is 14.4 Å². The quantitative estimate of drug-likeness (QED) is 0.182. The minimum Gasteiger partial charge on any atom is -0.491 e. The van der Waals surface area contributed by atoms with Crippen molar-refractivity contribution in [2.75, 3.05) is 33.4 Å². The molecule has 1 aliphatic rings. The van der Waals surface area contributed by atoms with Gasteiger partial charge in [0.15, 0.2) is 28.7 Å². The third-order valence-electron chi connectivity index (χ3n) is 6.95. The van der Waals surface area contributed by atoms with Crippen LogP contribution in [0.15, 0.2) is 18.2 Å². The van der Waals surface area contributed by atoms with E-state index in [4.69, 9.17) is 30.0 Å². The maximum absolute atomic E-state index is 13.7. The molecule has 1 aliphatic heterocycles. The van der Waals surface area contributed by atoms with Crippen LogP contribution in [0.25, 0.3) is 0 Å². The predicted octanol–water partition coefficient (Wildman–Crippen LogP) is 4.48. The van der Waals surface area contributed by atoms with Crippen molar-refractivity contribution < 1.29 is 33.7 Å². The summed E-state index contributed by atoms with van der Waals surface area (Å²) in [5.74, 6) is -0.340. The van der Waals surface area contributed by atoms with Gasteiger partial charge in [-0.3, -0.25) is 19.8 Å². The Balaban J connectivity index is 1.90. The van der Waals surface area contributed by atoms with Crippen molar-refractivity contribution in [1.82, 2.24) is 15.2 Å². The minimum atomic E-state index is -0.864. The number of ketones is 1. The van der Waals surface area contributed by atoms with Crippen LogP contribution in [0.4, 0.5) is 0 Å². The van der Waals surface area contributed by atoms with E-state index in [0.29, 0.717) is 66.4 Å². The number of rotatable bonds is 16. The number of carboxylic acids is 1. The topological polar surface area (TPSA) is 175 Å². The number of unbranched alkanes of at least 4 members (excludes halogenated alkanes) is 2. The number of ether oxygens (including phenoxy) is 3. The third kappa shape index (κ3) is 8.46. The Morgan fingerprint density at radius 3 is 2.45 bits per heavy atom. The van der Waals surface area contributed by atoms with Gasteiger partial charge in [-0.25, -0.2) is 4.98 Å². The van der Waals surface area contributed by atoms with Crippen LogP contribution >= 0.6 is 0 Å². The number of nitrogens with one attached hydrogen (secondary N) is 2. The van der Waals surface area contributed by atoms with Crippen LogP contribution in [0, 0.1) is 16.7 Å². The van der Waals surface area contributed by atoms with Crippen molar-refractivity contribution in [3.63, 3.8) is 0 Å². The lowest BCUT2D eigenvalue weighted by molar-refractivity contribution is -0.137. The van der Waals surface area contributed by atoms with Gasteiger partial charge in [-0.2, -0.15) is 5.26 Å². The van der Waals surface area contributed by atoms with E-state index in [1.165, 1.54) is 7.05 Å². The fraction of sp³-hybridized carbons (Fsp3) is 0.500. The SMILES string of the molecule is CCOc1cc2c(nc1C(=O)NC)C(=N)N(CC(=O)c1cc(OCCCC#N)c(OCCCCC(=O)O)c(C(C)(C)C)c1)C2. The van der Waals surface area contributed by atoms with E-state index in [1.807, 2.05) is 20.8 Å². The lowest BCUT2D eigenvalue weighted by Gasteiger charge is -2.26. The molecule has 3 rings (SSSR count). The van der Waals surface area contributed by atoms with Crippen molar-refractivity contribution in [3.8, 4) is 23.3 Å². The first-order valence-corrected chi connectivity index (χ1v) is 14.7. The van der Waals surface area contributed by atoms with Crippen LogP contribution in [-0.2, 0) is 16.8 Å². The summed E-state index contributed by atoms with van der Waals surface area (Å²) in [5.41, 5.74) is 1.77. The molecule has 12 nitrogen and oxygen atoms in total. The third-order valence-corrected chi connectivity index (χ3v) is 6.95. The maximum Gasteiger partial charge on any atom is 0.303 e. The normalized spacial score (nSPS) is 12.4. The molecule has 0 saturated carbocycles. The van der Waals surface area contributed by atoms with Crippen molar-refractivity contribution in [1.29, 1.82) is 10.7 Å². The molecule has 0 bridgehead atoms. The molecular weight excluding hydrogens is 566 g/mol. The van der Waals surface area contributed by atoms with Crippen LogP contribution in [0.1, 0.15) is 97.5 Å². The van der Waals surface area contributed by atoms with Gasteiger partial charge in [-0.05, 0) is 49.8 Å². The molecule has 3 N–H and O–H groups in total. The molecule has 0 saturated heterocycles. The molecule has 12 heteroatoms. The van der Waals surface area contributed by atoms with E-state index in [0.717, 1.165) is 5.56 Å². The molecule has 2 aromatic rings. The number of amidine groups is 1. The number of pyridine rings is 1. The molecule has 0 spiro atoms. The Bertz CT molecular complexity index is 1440. The molecule has 0 fully saturated rings. The first-order chi connectivity index (χ1) is 20.9. The Morgan fingerprint density at radius 2 is 1.82 bits per heavy atom. The standard InChI is InChI=1S/C32H41N5O7/c1-6-42-24-17-21-18-37(30(34)27(21)36-28(24)31(41)35-5)19-23(38)20-15-22(32(2,3)4)29(44-14-9-7-11-26(39)40)25(16-20)43-13-10-8-12-33/h15-17,34H,6-11,13-14,18-19H2,1-5H3,(H,35,41)(H,39,40). The second kappa shape index (κ2) is 15.2. The van der Waals surface area contributed by atoms with Crippen molar-refractivity contribution in [2.45, 2.75) is 71.8 Å². The first kappa shape index (κ1) is 33.8. The van der Waals surface area contributed by atoms with Gasteiger partial charge in [-0.15, -0.1) is 0 Å². The number of carbonyl (C=O) groups excluding carboxylic acids is 2. The molecule has 44 heavy (non-hydrogen) atoms. The number of amides is 1. The van der Waals surface area contributed by atoms with E-state index in [2.05, 4.69) is 16.4 Å². The van der Waals surface area contributed by atoms with Gasteiger partial charge in [0.1, 0.15) is 11.5 Å². The summed E-state index contributed by atoms with van der Waals surface area (Å²) in [6, 6.07) is 7.19. The molecule has 236 valence electrons. The summed E-state index contributed by atoms with van der Waals surface area (Å²) in [6.07, 6.45) is 1.85. The number of nitrogens with zero attached hydrogens (tertiary/aromatic N) is 3. The van der Waals surface area contributed by atoms with Crippen LogP contribution in [0.3, 0.4) is 0 Å². The summed E-state index contributed by atoms with van der Waals surface area (Å²) in [6.45, 7) is 8.78. The summed E-state index contributed by atoms with van der Waals surface area (Å²) < 4.78 is 17.8. The predicted molar refractivity (Wildman–Crippen MR) is 163 cm³/mol. The number of fused-ring (bicyclic) bond motifs is 1. The Kier molecular flexibility index (Phi) is 11.7. The van der Waals surface area contributed by atoms with Gasteiger partial charge in [0.05, 0.1) is 32.4 Å². The zero-order chi connectivity index (χ0) is 32.4. The van der Waals surface area contributed by atoms with Gasteiger partial charge in [0, 0.05) is 43.1 Å². The number of Topliss-reactive ketones (excluding diaryl/α,β-unsaturated/α-hetero) is 1. The summed E-state index contributed by atoms with van der Waals surface area (Å²) in [7, 11) is 1.49. The highest BCUT2D eigenvalue weighted by Crippen LogP contribution is 2.40. The zero-order valence-corrected chi connectivity index (χ0v) is 26.0. The average molecular weight is 608 g/mol. The number of carbonyl (C=O) groups is 3. The number of aliphatic carboxylic acids is 1. The van der Waals surface area contributed by atoms with Gasteiger partial charge < -0.3 is 29.5 Å². The number of hydrogen-bond acceptors (Lipinski definition) is 9. The average Bonchev–Trinajstić information content (AvgIpc) is 3.27. The van der Waals surface area contributed by atoms with Crippen LogP contribution in [0.2, 0.25) is 0 Å². The molecule has 0 aliphatic carbocycles. The number of carboxylic acid groups (broad SMARTS) is 1. The van der Waals surface area contributed by atoms with E-state index in [1.54, 1.807) is 30.0 Å². The molecule has 0 radical (unpaired) electrons. The number of hydrogen-bond donors (Lipinski definition) is 3. The Labute approximate surface area is 257 Å². The second-order valence-corrected chi connectivity index (χ2v) is 11.4. The highest BCUT2D eigenvalue weighted by molar-refractivity contribution is 6.05. The maximum atomic E-state index is 13.7. The van der Waals surface area contributed by atoms with Crippen LogP contribution in [0.5, 0.6) is 17.2 Å². The monoisotopic (exact) mass is 607 g/mol. The van der Waals surface area contributed by atoms with E-state index < -0.39 is 17.3 Å². The van der Waals surface area contributed by atoms with Gasteiger partial charge >= 0.3 is 5.97 Å². The lowest BCUT2D eigenvalue weighted by Crippen LogP contribution is -2.31. The zero-order valence-electron chi connectivity index (χ0n) is 26.0. The van der Waals surface area contributed by atoms with E-state index in [-0.39, 0.29) is 50.0 Å². The largest absolute Gasteiger partial charge is 0.491 e. The number of aromatic nitrogens is 1. The fourth-order valence-electron chi connectivity index (χ4n) is 4.70. The minimum absolute atomic E-state index is 0.0342. The molecule has 1 aromatic carbocycles. The first-order valence-electron chi connectivity index (χ1n) is 14.7. The summed E-state index contributed by atoms with van der Waals surface area (Å²) >= 11 is 0. The Hall–Kier alpha value is -4.66. The van der Waals surface area contributed by atoms with Gasteiger partial charge in [-0.1, -0.05) is 20.8 Å². The molecule has 2 heterocycles. The smallest absolute Gasteiger partial charge is 0.303 e. The van der Waals surface area contributed by atoms with Crippen molar-refractivity contribution in [3.05, 3.63) is 46.3 Å². The fourth-order valence-corrected chi connectivity index (χ4v) is 4.70. The highest BCUT2D eigenvalue weighted by Gasteiger charge is 2.32. The van der Waals surface area contributed by atoms with Crippen LogP contribution < -0.4 is 19.5 Å². The highest BCUT2D eigenvalue weighted by atomic mass is 16.5. The number of nitriles is 1. The van der Waals surface area contributed by atoms with Gasteiger partial charge in [0.2, 0.25) is 0 Å². The molecular formula is C32H41N5O7. The van der Waals surface area contributed by atoms with Gasteiger partial charge in [0.25, 0.3) is 5.91 Å². The lowest BCUT2D eigenvalue weighted by atomic mass is 9.84. The second-order valence-electron chi connectivity index (χ2n) is 11.4. The van der Waals surface area contributed by atoms with Crippen LogP contribution in [-0.4, -0.2) is 71.9 Å².